The molecule has 2 heteroatoms. The average Bonchev–Trinajstić information content (AvgIpc) is 1.81. The average molecular weight is 129 g/mol. The molecule has 0 heterocycles. The van der Waals surface area contributed by atoms with Crippen molar-refractivity contribution < 1.29 is 0 Å². The molecule has 0 unspecified atom stereocenters. The zero-order valence-electron chi connectivity index (χ0n) is 5.18. The molecule has 0 aromatic carbocycles. The summed E-state index contributed by atoms with van der Waals surface area (Å²) < 4.78 is 0. The molecule has 0 bridgehead atoms. The maximum Gasteiger partial charge on any atom is 0.133 e. The van der Waals surface area contributed by atoms with Crippen LogP contribution in [0.3, 0.4) is 0 Å². The fourth-order valence-electron chi connectivity index (χ4n) is 0.470. The first-order valence-corrected chi connectivity index (χ1v) is 3.91. The van der Waals surface area contributed by atoms with Gasteiger partial charge in [0.2, 0.25) is 0 Å². The van der Waals surface area contributed by atoms with Crippen LogP contribution in [0.1, 0.15) is 26.2 Å². The molecule has 0 rings (SSSR count). The lowest BCUT2D eigenvalue weighted by molar-refractivity contribution is 0.779. The Morgan fingerprint density at radius 3 is 2.75 bits per heavy atom. The lowest BCUT2D eigenvalue weighted by Gasteiger charge is -1.89. The molecule has 0 amide bonds. The van der Waals surface area contributed by atoms with Crippen molar-refractivity contribution in [3.63, 3.8) is 0 Å². The van der Waals surface area contributed by atoms with E-state index in [9.17, 15) is 0 Å². The van der Waals surface area contributed by atoms with Crippen molar-refractivity contribution >= 4 is 11.8 Å². The standard InChI is InChI=1S/C6H11NS/c1-2-3-4-5-8-6-7/h2-5H2,1H3. The van der Waals surface area contributed by atoms with Gasteiger partial charge in [-0.25, -0.2) is 0 Å². The smallest absolute Gasteiger partial charge is 0.133 e. The normalized spacial score (nSPS) is 8.50. The second kappa shape index (κ2) is 6.84. The molecule has 0 aromatic heterocycles. The molecule has 0 aliphatic heterocycles. The second-order valence-electron chi connectivity index (χ2n) is 1.65. The predicted octanol–water partition coefficient (Wildman–Crippen LogP) is 2.39. The Morgan fingerprint density at radius 2 is 2.25 bits per heavy atom. The van der Waals surface area contributed by atoms with E-state index in [1.54, 1.807) is 0 Å². The van der Waals surface area contributed by atoms with Gasteiger partial charge in [-0.05, 0) is 18.2 Å². The minimum atomic E-state index is 1.00. The summed E-state index contributed by atoms with van der Waals surface area (Å²) in [6.45, 7) is 2.16. The van der Waals surface area contributed by atoms with E-state index < -0.39 is 0 Å². The molecule has 0 spiro atoms. The van der Waals surface area contributed by atoms with Gasteiger partial charge in [-0.3, -0.25) is 0 Å². The molecule has 0 aromatic rings. The van der Waals surface area contributed by atoms with Crippen LogP contribution in [0, 0.1) is 10.7 Å². The Morgan fingerprint density at radius 1 is 1.50 bits per heavy atom. The van der Waals surface area contributed by atoms with Gasteiger partial charge in [-0.1, -0.05) is 19.8 Å². The molecule has 0 fully saturated rings. The molecule has 8 heavy (non-hydrogen) atoms. The van der Waals surface area contributed by atoms with E-state index in [-0.39, 0.29) is 0 Å². The van der Waals surface area contributed by atoms with Crippen LogP contribution in [-0.4, -0.2) is 5.75 Å². The van der Waals surface area contributed by atoms with Gasteiger partial charge >= 0.3 is 0 Å². The summed E-state index contributed by atoms with van der Waals surface area (Å²) >= 11 is 1.35. The van der Waals surface area contributed by atoms with Gasteiger partial charge in [-0.2, -0.15) is 5.26 Å². The molecule has 0 saturated carbocycles. The molecule has 1 nitrogen and oxygen atoms in total. The zero-order chi connectivity index (χ0) is 6.24. The van der Waals surface area contributed by atoms with Crippen LogP contribution in [0.4, 0.5) is 0 Å². The van der Waals surface area contributed by atoms with Crippen LogP contribution >= 0.6 is 11.8 Å². The minimum Gasteiger partial charge on any atom is -0.185 e. The summed E-state index contributed by atoms with van der Waals surface area (Å²) in [6, 6.07) is 0. The number of thioether (sulfide) groups is 1. The minimum absolute atomic E-state index is 1.00. The molecular formula is C6H11NS. The monoisotopic (exact) mass is 129 g/mol. The lowest BCUT2D eigenvalue weighted by Crippen LogP contribution is -1.75. The van der Waals surface area contributed by atoms with Crippen LogP contribution in [0.5, 0.6) is 0 Å². The van der Waals surface area contributed by atoms with Crippen LogP contribution < -0.4 is 0 Å². The maximum absolute atomic E-state index is 8.08. The number of unbranched alkanes of at least 4 members (excludes halogenated alkanes) is 2. The Labute approximate surface area is 55.1 Å². The van der Waals surface area contributed by atoms with E-state index in [2.05, 4.69) is 6.92 Å². The molecule has 0 atom stereocenters. The van der Waals surface area contributed by atoms with Gasteiger partial charge in [0.15, 0.2) is 0 Å². The van der Waals surface area contributed by atoms with Gasteiger partial charge in [0, 0.05) is 5.75 Å². The predicted molar refractivity (Wildman–Crippen MR) is 37.6 cm³/mol. The van der Waals surface area contributed by atoms with E-state index in [1.807, 2.05) is 5.40 Å². The second-order valence-corrected chi connectivity index (χ2v) is 2.53. The molecular weight excluding hydrogens is 118 g/mol. The Kier molecular flexibility index (Phi) is 6.70. The molecule has 0 aliphatic carbocycles. The highest BCUT2D eigenvalue weighted by Crippen LogP contribution is 2.02. The fourth-order valence-corrected chi connectivity index (χ4v) is 0.910. The number of thiocyanates is 1. The fraction of sp³-hybridized carbons (Fsp3) is 0.833. The summed E-state index contributed by atoms with van der Waals surface area (Å²) in [5.41, 5.74) is 0. The van der Waals surface area contributed by atoms with Crippen molar-refractivity contribution in [1.82, 2.24) is 0 Å². The number of rotatable bonds is 4. The van der Waals surface area contributed by atoms with Gasteiger partial charge < -0.3 is 0 Å². The summed E-state index contributed by atoms with van der Waals surface area (Å²) in [4.78, 5) is 0. The first-order valence-electron chi connectivity index (χ1n) is 2.92. The Bertz CT molecular complexity index is 75.1. The van der Waals surface area contributed by atoms with E-state index >= 15 is 0 Å². The molecule has 0 aliphatic rings. The van der Waals surface area contributed by atoms with Crippen molar-refractivity contribution in [3.8, 4) is 5.40 Å². The number of nitriles is 1. The van der Waals surface area contributed by atoms with Gasteiger partial charge in [-0.15, -0.1) is 0 Å². The zero-order valence-corrected chi connectivity index (χ0v) is 6.00. The van der Waals surface area contributed by atoms with Crippen LogP contribution in [0.2, 0.25) is 0 Å². The SMILES string of the molecule is CCCCCSC#N. The summed E-state index contributed by atoms with van der Waals surface area (Å²) in [6.07, 6.45) is 3.69. The first-order chi connectivity index (χ1) is 3.91. The van der Waals surface area contributed by atoms with E-state index in [1.165, 1.54) is 31.0 Å². The van der Waals surface area contributed by atoms with Gasteiger partial charge in [0.25, 0.3) is 0 Å². The highest BCUT2D eigenvalue weighted by atomic mass is 32.2. The van der Waals surface area contributed by atoms with Crippen molar-refractivity contribution in [2.24, 2.45) is 0 Å². The van der Waals surface area contributed by atoms with E-state index in [0.717, 1.165) is 5.75 Å². The quantitative estimate of drug-likeness (QED) is 0.430. The van der Waals surface area contributed by atoms with Crippen molar-refractivity contribution in [2.45, 2.75) is 26.2 Å². The van der Waals surface area contributed by atoms with E-state index in [4.69, 9.17) is 5.26 Å². The molecule has 0 saturated heterocycles. The Balaban J connectivity index is 2.65. The summed E-state index contributed by atoms with van der Waals surface area (Å²) in [7, 11) is 0. The highest BCUT2D eigenvalue weighted by Gasteiger charge is 1.83. The van der Waals surface area contributed by atoms with Crippen molar-refractivity contribution in [1.29, 1.82) is 5.26 Å². The van der Waals surface area contributed by atoms with Crippen LogP contribution in [-0.2, 0) is 0 Å². The van der Waals surface area contributed by atoms with E-state index in [0.29, 0.717) is 0 Å². The number of nitrogens with zero attached hydrogens (tertiary/aromatic N) is 1. The van der Waals surface area contributed by atoms with Crippen molar-refractivity contribution in [2.75, 3.05) is 5.75 Å². The van der Waals surface area contributed by atoms with Crippen LogP contribution in [0.25, 0.3) is 0 Å². The topological polar surface area (TPSA) is 23.8 Å². The maximum atomic E-state index is 8.08. The van der Waals surface area contributed by atoms with Gasteiger partial charge in [0.1, 0.15) is 5.40 Å². The highest BCUT2D eigenvalue weighted by molar-refractivity contribution is 8.03. The third-order valence-electron chi connectivity index (χ3n) is 0.915. The number of hydrogen-bond acceptors (Lipinski definition) is 2. The Hall–Kier alpha value is -0.160. The van der Waals surface area contributed by atoms with Crippen LogP contribution in [0.15, 0.2) is 0 Å². The third-order valence-corrected chi connectivity index (χ3v) is 1.54. The van der Waals surface area contributed by atoms with Crippen molar-refractivity contribution in [3.05, 3.63) is 0 Å². The summed E-state index contributed by atoms with van der Waals surface area (Å²) in [5.74, 6) is 1.00. The largest absolute Gasteiger partial charge is 0.185 e. The molecule has 0 N–H and O–H groups in total. The first kappa shape index (κ1) is 7.84. The lowest BCUT2D eigenvalue weighted by atomic mass is 10.3. The molecule has 0 radical (unpaired) electrons. The third kappa shape index (κ3) is 5.84. The molecule has 46 valence electrons. The summed E-state index contributed by atoms with van der Waals surface area (Å²) in [5, 5.41) is 10.1. The van der Waals surface area contributed by atoms with Gasteiger partial charge in [0.05, 0.1) is 0 Å². The number of hydrogen-bond donors (Lipinski definition) is 0.